The summed E-state index contributed by atoms with van der Waals surface area (Å²) in [5.41, 5.74) is 4.27. The molecule has 0 saturated carbocycles. The number of likely N-dealkylation sites (tertiary alicyclic amines) is 1. The van der Waals surface area contributed by atoms with E-state index in [1.54, 1.807) is 0 Å². The van der Waals surface area contributed by atoms with E-state index < -0.39 is 0 Å². The predicted octanol–water partition coefficient (Wildman–Crippen LogP) is 4.60. The SMILES string of the molecule is Cc1ccc(CN2CC[C@@H](CNC(=O)Nc3cccc(Cl)c3C)C2)cc1. The lowest BCUT2D eigenvalue weighted by molar-refractivity contribution is 0.249. The number of urea groups is 1. The van der Waals surface area contributed by atoms with Crippen LogP contribution in [0.15, 0.2) is 42.5 Å². The zero-order valence-corrected chi connectivity index (χ0v) is 16.1. The van der Waals surface area contributed by atoms with Crippen molar-refractivity contribution >= 4 is 23.3 Å². The first-order chi connectivity index (χ1) is 12.5. The maximum absolute atomic E-state index is 12.2. The number of rotatable bonds is 5. The lowest BCUT2D eigenvalue weighted by Crippen LogP contribution is -2.34. The summed E-state index contributed by atoms with van der Waals surface area (Å²) >= 11 is 6.09. The van der Waals surface area contributed by atoms with E-state index in [2.05, 4.69) is 46.7 Å². The summed E-state index contributed by atoms with van der Waals surface area (Å²) in [7, 11) is 0. The Balaban J connectivity index is 1.43. The Morgan fingerprint density at radius 2 is 1.96 bits per heavy atom. The van der Waals surface area contributed by atoms with Gasteiger partial charge in [0.15, 0.2) is 0 Å². The number of benzene rings is 2. The Kier molecular flexibility index (Phi) is 6.17. The van der Waals surface area contributed by atoms with Gasteiger partial charge in [-0.3, -0.25) is 4.90 Å². The predicted molar refractivity (Wildman–Crippen MR) is 108 cm³/mol. The van der Waals surface area contributed by atoms with Crippen molar-refractivity contribution in [1.82, 2.24) is 10.2 Å². The second kappa shape index (κ2) is 8.56. The van der Waals surface area contributed by atoms with Crippen molar-refractivity contribution in [3.63, 3.8) is 0 Å². The molecule has 0 aromatic heterocycles. The van der Waals surface area contributed by atoms with Gasteiger partial charge in [-0.2, -0.15) is 0 Å². The van der Waals surface area contributed by atoms with Crippen LogP contribution >= 0.6 is 11.6 Å². The number of halogens is 1. The molecule has 0 unspecified atom stereocenters. The van der Waals surface area contributed by atoms with E-state index in [0.29, 0.717) is 17.5 Å². The van der Waals surface area contributed by atoms with Crippen LogP contribution in [-0.4, -0.2) is 30.6 Å². The summed E-state index contributed by atoms with van der Waals surface area (Å²) in [6.07, 6.45) is 1.11. The molecule has 2 amide bonds. The molecule has 26 heavy (non-hydrogen) atoms. The Bertz CT molecular complexity index is 760. The fourth-order valence-corrected chi connectivity index (χ4v) is 3.50. The molecule has 138 valence electrons. The average Bonchev–Trinajstić information content (AvgIpc) is 3.07. The van der Waals surface area contributed by atoms with Crippen LogP contribution in [0, 0.1) is 19.8 Å². The maximum atomic E-state index is 12.2. The summed E-state index contributed by atoms with van der Waals surface area (Å²) in [5, 5.41) is 6.53. The van der Waals surface area contributed by atoms with E-state index in [-0.39, 0.29) is 6.03 Å². The third kappa shape index (κ3) is 4.99. The largest absolute Gasteiger partial charge is 0.338 e. The van der Waals surface area contributed by atoms with E-state index in [4.69, 9.17) is 11.6 Å². The number of carbonyl (C=O) groups excluding carboxylic acids is 1. The molecule has 1 aliphatic rings. The molecule has 0 radical (unpaired) electrons. The number of aryl methyl sites for hydroxylation is 1. The van der Waals surface area contributed by atoms with Crippen LogP contribution in [0.4, 0.5) is 10.5 Å². The van der Waals surface area contributed by atoms with Crippen molar-refractivity contribution in [1.29, 1.82) is 0 Å². The summed E-state index contributed by atoms with van der Waals surface area (Å²) in [4.78, 5) is 14.6. The molecule has 1 heterocycles. The van der Waals surface area contributed by atoms with Gasteiger partial charge in [-0.15, -0.1) is 0 Å². The highest BCUT2D eigenvalue weighted by Crippen LogP contribution is 2.23. The first-order valence-electron chi connectivity index (χ1n) is 9.09. The fraction of sp³-hybridized carbons (Fsp3) is 0.381. The minimum absolute atomic E-state index is 0.174. The molecule has 1 saturated heterocycles. The summed E-state index contributed by atoms with van der Waals surface area (Å²) in [6.45, 7) is 7.77. The number of carbonyl (C=O) groups is 1. The molecule has 3 rings (SSSR count). The molecule has 0 spiro atoms. The smallest absolute Gasteiger partial charge is 0.319 e. The van der Waals surface area contributed by atoms with Crippen LogP contribution < -0.4 is 10.6 Å². The van der Waals surface area contributed by atoms with Crippen LogP contribution in [0.25, 0.3) is 0 Å². The molecule has 5 heteroatoms. The van der Waals surface area contributed by atoms with E-state index in [0.717, 1.165) is 37.3 Å². The molecule has 2 N–H and O–H groups in total. The van der Waals surface area contributed by atoms with E-state index in [1.165, 1.54) is 11.1 Å². The highest BCUT2D eigenvalue weighted by Gasteiger charge is 2.22. The molecule has 4 nitrogen and oxygen atoms in total. The first-order valence-corrected chi connectivity index (χ1v) is 9.47. The van der Waals surface area contributed by atoms with Crippen molar-refractivity contribution in [3.05, 3.63) is 64.2 Å². The van der Waals surface area contributed by atoms with Crippen LogP contribution in [0.1, 0.15) is 23.1 Å². The average molecular weight is 372 g/mol. The van der Waals surface area contributed by atoms with Crippen molar-refractivity contribution in [2.75, 3.05) is 25.0 Å². The highest BCUT2D eigenvalue weighted by molar-refractivity contribution is 6.31. The highest BCUT2D eigenvalue weighted by atomic mass is 35.5. The van der Waals surface area contributed by atoms with Gasteiger partial charge in [0.1, 0.15) is 0 Å². The molecule has 2 aromatic rings. The second-order valence-corrected chi connectivity index (χ2v) is 7.53. The first kappa shape index (κ1) is 18.7. The lowest BCUT2D eigenvalue weighted by atomic mass is 10.1. The topological polar surface area (TPSA) is 44.4 Å². The van der Waals surface area contributed by atoms with Gasteiger partial charge in [-0.25, -0.2) is 4.79 Å². The number of anilines is 1. The standard InChI is InChI=1S/C21H26ClN3O/c1-15-6-8-17(9-7-15)13-25-11-10-18(14-25)12-23-21(26)24-20-5-3-4-19(22)16(20)2/h3-9,18H,10-14H2,1-2H3,(H2,23,24,26)/t18-/m0/s1. The van der Waals surface area contributed by atoms with Crippen LogP contribution in [0.3, 0.4) is 0 Å². The molecule has 1 aliphatic heterocycles. The van der Waals surface area contributed by atoms with Gasteiger partial charge >= 0.3 is 6.03 Å². The number of amides is 2. The lowest BCUT2D eigenvalue weighted by Gasteiger charge is -2.17. The van der Waals surface area contributed by atoms with E-state index in [9.17, 15) is 4.79 Å². The zero-order valence-electron chi connectivity index (χ0n) is 15.4. The van der Waals surface area contributed by atoms with Crippen LogP contribution in [0.2, 0.25) is 5.02 Å². The summed E-state index contributed by atoms with van der Waals surface area (Å²) in [5.74, 6) is 0.492. The Labute approximate surface area is 160 Å². The van der Waals surface area contributed by atoms with Crippen LogP contribution in [-0.2, 0) is 6.54 Å². The van der Waals surface area contributed by atoms with E-state index in [1.807, 2.05) is 25.1 Å². The van der Waals surface area contributed by atoms with Gasteiger partial charge in [0.05, 0.1) is 0 Å². The molecule has 1 atom stereocenters. The number of nitrogens with zero attached hydrogens (tertiary/aromatic N) is 1. The van der Waals surface area contributed by atoms with Gasteiger partial charge in [0, 0.05) is 30.3 Å². The number of nitrogens with one attached hydrogen (secondary N) is 2. The Morgan fingerprint density at radius 3 is 2.73 bits per heavy atom. The van der Waals surface area contributed by atoms with Gasteiger partial charge in [-0.1, -0.05) is 47.5 Å². The number of hydrogen-bond acceptors (Lipinski definition) is 2. The van der Waals surface area contributed by atoms with Gasteiger partial charge in [0.2, 0.25) is 0 Å². The quantitative estimate of drug-likeness (QED) is 0.806. The second-order valence-electron chi connectivity index (χ2n) is 7.12. The molecule has 0 aliphatic carbocycles. The summed E-state index contributed by atoms with van der Waals surface area (Å²) in [6, 6.07) is 14.1. The molecule has 2 aromatic carbocycles. The minimum atomic E-state index is -0.174. The van der Waals surface area contributed by atoms with Gasteiger partial charge < -0.3 is 10.6 Å². The fourth-order valence-electron chi connectivity index (χ4n) is 3.32. The molecular formula is C21H26ClN3O. The molecule has 1 fully saturated rings. The number of hydrogen-bond donors (Lipinski definition) is 2. The van der Waals surface area contributed by atoms with Crippen molar-refractivity contribution in [2.24, 2.45) is 5.92 Å². The van der Waals surface area contributed by atoms with Crippen molar-refractivity contribution in [2.45, 2.75) is 26.8 Å². The van der Waals surface area contributed by atoms with Crippen molar-refractivity contribution in [3.8, 4) is 0 Å². The minimum Gasteiger partial charge on any atom is -0.338 e. The normalized spacial score (nSPS) is 17.3. The summed E-state index contributed by atoms with van der Waals surface area (Å²) < 4.78 is 0. The van der Waals surface area contributed by atoms with Crippen molar-refractivity contribution < 1.29 is 4.79 Å². The van der Waals surface area contributed by atoms with E-state index >= 15 is 0 Å². The third-order valence-electron chi connectivity index (χ3n) is 4.96. The van der Waals surface area contributed by atoms with Crippen LogP contribution in [0.5, 0.6) is 0 Å². The van der Waals surface area contributed by atoms with Gasteiger partial charge in [0.25, 0.3) is 0 Å². The third-order valence-corrected chi connectivity index (χ3v) is 5.37. The molecule has 0 bridgehead atoms. The zero-order chi connectivity index (χ0) is 18.5. The Morgan fingerprint density at radius 1 is 1.19 bits per heavy atom. The van der Waals surface area contributed by atoms with Gasteiger partial charge in [-0.05, 0) is 56.0 Å². The molecular weight excluding hydrogens is 346 g/mol. The maximum Gasteiger partial charge on any atom is 0.319 e. The monoisotopic (exact) mass is 371 g/mol. The Hall–Kier alpha value is -2.04.